The minimum absolute atomic E-state index is 0.0270. The van der Waals surface area contributed by atoms with Crippen molar-refractivity contribution in [2.75, 3.05) is 13.2 Å². The van der Waals surface area contributed by atoms with E-state index in [4.69, 9.17) is 14.6 Å². The highest BCUT2D eigenvalue weighted by Crippen LogP contribution is 2.21. The van der Waals surface area contributed by atoms with Gasteiger partial charge in [0.05, 0.1) is 10.5 Å². The molecule has 0 aliphatic heterocycles. The van der Waals surface area contributed by atoms with E-state index in [9.17, 15) is 13.2 Å². The number of hydrogen-bond acceptors (Lipinski definition) is 5. The SMILES string of the molecule is Cc1ccccc1OCCOC(=O)c1cc(S(N)(=O)=O)ccc1Br. The molecule has 2 rings (SSSR count). The van der Waals surface area contributed by atoms with Crippen LogP contribution >= 0.6 is 15.9 Å². The summed E-state index contributed by atoms with van der Waals surface area (Å²) in [6, 6.07) is 11.4. The summed E-state index contributed by atoms with van der Waals surface area (Å²) in [5.74, 6) is 0.0479. The Balaban J connectivity index is 1.97. The molecule has 0 unspecified atom stereocenters. The van der Waals surface area contributed by atoms with Crippen LogP contribution in [0.3, 0.4) is 0 Å². The van der Waals surface area contributed by atoms with E-state index in [2.05, 4.69) is 15.9 Å². The molecule has 0 fully saturated rings. The number of esters is 1. The molecule has 0 radical (unpaired) electrons. The summed E-state index contributed by atoms with van der Waals surface area (Å²) in [6.45, 7) is 2.12. The molecule has 0 bridgehead atoms. The largest absolute Gasteiger partial charge is 0.490 e. The third-order valence-corrected chi connectivity index (χ3v) is 4.76. The highest BCUT2D eigenvalue weighted by atomic mass is 79.9. The van der Waals surface area contributed by atoms with Crippen LogP contribution in [0.25, 0.3) is 0 Å². The van der Waals surface area contributed by atoms with Crippen molar-refractivity contribution in [2.24, 2.45) is 5.14 Å². The molecule has 0 aromatic heterocycles. The van der Waals surface area contributed by atoms with Crippen LogP contribution in [0.15, 0.2) is 51.8 Å². The van der Waals surface area contributed by atoms with Crippen molar-refractivity contribution in [1.82, 2.24) is 0 Å². The van der Waals surface area contributed by atoms with Gasteiger partial charge in [0.2, 0.25) is 10.0 Å². The van der Waals surface area contributed by atoms with Crippen molar-refractivity contribution in [3.63, 3.8) is 0 Å². The first-order valence-corrected chi connectivity index (χ1v) is 9.31. The highest BCUT2D eigenvalue weighted by Gasteiger charge is 2.16. The van der Waals surface area contributed by atoms with Crippen LogP contribution in [0, 0.1) is 6.92 Å². The molecule has 0 aliphatic carbocycles. The van der Waals surface area contributed by atoms with E-state index in [-0.39, 0.29) is 23.7 Å². The Kier molecular flexibility index (Phi) is 5.98. The van der Waals surface area contributed by atoms with Gasteiger partial charge in [-0.1, -0.05) is 18.2 Å². The van der Waals surface area contributed by atoms with Crippen LogP contribution in [0.5, 0.6) is 5.75 Å². The van der Waals surface area contributed by atoms with E-state index in [1.165, 1.54) is 18.2 Å². The van der Waals surface area contributed by atoms with Crippen molar-refractivity contribution in [3.05, 3.63) is 58.1 Å². The van der Waals surface area contributed by atoms with E-state index in [0.717, 1.165) is 5.56 Å². The summed E-state index contributed by atoms with van der Waals surface area (Å²) in [4.78, 5) is 11.9. The molecule has 0 saturated carbocycles. The van der Waals surface area contributed by atoms with Gasteiger partial charge in [-0.05, 0) is 52.7 Å². The predicted octanol–water partition coefficient (Wildman–Crippen LogP) is 2.64. The Bertz CT molecular complexity index is 851. The van der Waals surface area contributed by atoms with Gasteiger partial charge in [-0.2, -0.15) is 0 Å². The van der Waals surface area contributed by atoms with Crippen LogP contribution in [0.4, 0.5) is 0 Å². The Labute approximate surface area is 148 Å². The predicted molar refractivity (Wildman–Crippen MR) is 92.5 cm³/mol. The lowest BCUT2D eigenvalue weighted by molar-refractivity contribution is 0.0449. The minimum Gasteiger partial charge on any atom is -0.490 e. The number of aryl methyl sites for hydroxylation is 1. The maximum Gasteiger partial charge on any atom is 0.339 e. The molecule has 128 valence electrons. The number of carbonyl (C=O) groups is 1. The summed E-state index contributed by atoms with van der Waals surface area (Å²) >= 11 is 3.19. The molecule has 0 saturated heterocycles. The van der Waals surface area contributed by atoms with E-state index in [1.807, 2.05) is 31.2 Å². The fourth-order valence-electron chi connectivity index (χ4n) is 1.92. The zero-order valence-corrected chi connectivity index (χ0v) is 15.3. The number of nitrogens with two attached hydrogens (primary N) is 1. The maximum atomic E-state index is 12.1. The average Bonchev–Trinajstić information content (AvgIpc) is 2.52. The molecular formula is C16H16BrNO5S. The fraction of sp³-hybridized carbons (Fsp3) is 0.188. The molecule has 0 aliphatic rings. The molecule has 8 heteroatoms. The zero-order valence-electron chi connectivity index (χ0n) is 12.9. The number of rotatable bonds is 6. The van der Waals surface area contributed by atoms with Crippen LogP contribution < -0.4 is 9.88 Å². The second-order valence-electron chi connectivity index (χ2n) is 4.94. The second kappa shape index (κ2) is 7.78. The Morgan fingerprint density at radius 2 is 1.88 bits per heavy atom. The maximum absolute atomic E-state index is 12.1. The average molecular weight is 414 g/mol. The van der Waals surface area contributed by atoms with E-state index in [1.54, 1.807) is 0 Å². The second-order valence-corrected chi connectivity index (χ2v) is 7.35. The summed E-state index contributed by atoms with van der Waals surface area (Å²) in [5, 5.41) is 5.06. The summed E-state index contributed by atoms with van der Waals surface area (Å²) in [5.41, 5.74) is 1.06. The van der Waals surface area contributed by atoms with Gasteiger partial charge in [0.25, 0.3) is 0 Å². The standard InChI is InChI=1S/C16H16BrNO5S/c1-11-4-2-3-5-15(11)22-8-9-23-16(19)13-10-12(24(18,20)21)6-7-14(13)17/h2-7,10H,8-9H2,1H3,(H2,18,20,21). The van der Waals surface area contributed by atoms with Crippen LogP contribution in [0.2, 0.25) is 0 Å². The van der Waals surface area contributed by atoms with Gasteiger partial charge in [0, 0.05) is 4.47 Å². The molecule has 2 aromatic carbocycles. The lowest BCUT2D eigenvalue weighted by Crippen LogP contribution is -2.16. The van der Waals surface area contributed by atoms with Crippen molar-refractivity contribution in [2.45, 2.75) is 11.8 Å². The van der Waals surface area contributed by atoms with Crippen molar-refractivity contribution >= 4 is 31.9 Å². The smallest absolute Gasteiger partial charge is 0.339 e. The fourth-order valence-corrected chi connectivity index (χ4v) is 2.87. The van der Waals surface area contributed by atoms with Gasteiger partial charge in [-0.3, -0.25) is 0 Å². The molecule has 2 aromatic rings. The van der Waals surface area contributed by atoms with Crippen LogP contribution in [0.1, 0.15) is 15.9 Å². The Hall–Kier alpha value is -1.90. The van der Waals surface area contributed by atoms with Crippen molar-refractivity contribution in [1.29, 1.82) is 0 Å². The number of halogens is 1. The lowest BCUT2D eigenvalue weighted by Gasteiger charge is -2.10. The molecule has 6 nitrogen and oxygen atoms in total. The monoisotopic (exact) mass is 413 g/mol. The highest BCUT2D eigenvalue weighted by molar-refractivity contribution is 9.10. The van der Waals surface area contributed by atoms with E-state index < -0.39 is 16.0 Å². The number of ether oxygens (including phenoxy) is 2. The van der Waals surface area contributed by atoms with Crippen LogP contribution in [-0.2, 0) is 14.8 Å². The van der Waals surface area contributed by atoms with Crippen LogP contribution in [-0.4, -0.2) is 27.6 Å². The summed E-state index contributed by atoms with van der Waals surface area (Å²) in [6.07, 6.45) is 0. The van der Waals surface area contributed by atoms with E-state index in [0.29, 0.717) is 10.2 Å². The molecule has 24 heavy (non-hydrogen) atoms. The zero-order chi connectivity index (χ0) is 17.7. The molecule has 2 N–H and O–H groups in total. The number of benzene rings is 2. The number of carbonyl (C=O) groups excluding carboxylic acids is 1. The summed E-state index contributed by atoms with van der Waals surface area (Å²) < 4.78 is 33.8. The quantitative estimate of drug-likeness (QED) is 0.579. The molecule has 0 amide bonds. The van der Waals surface area contributed by atoms with Crippen molar-refractivity contribution in [3.8, 4) is 5.75 Å². The van der Waals surface area contributed by atoms with Gasteiger partial charge in [0.15, 0.2) is 0 Å². The minimum atomic E-state index is -3.89. The van der Waals surface area contributed by atoms with Crippen molar-refractivity contribution < 1.29 is 22.7 Å². The number of primary sulfonamides is 1. The first kappa shape index (κ1) is 18.4. The number of hydrogen-bond donors (Lipinski definition) is 1. The van der Waals surface area contributed by atoms with Gasteiger partial charge >= 0.3 is 5.97 Å². The lowest BCUT2D eigenvalue weighted by atomic mass is 10.2. The van der Waals surface area contributed by atoms with Gasteiger partial charge < -0.3 is 9.47 Å². The number of sulfonamides is 1. The van der Waals surface area contributed by atoms with Gasteiger partial charge in [-0.25, -0.2) is 18.4 Å². The molecule has 0 heterocycles. The molecule has 0 atom stereocenters. The Morgan fingerprint density at radius 1 is 1.17 bits per heavy atom. The Morgan fingerprint density at radius 3 is 2.54 bits per heavy atom. The third-order valence-electron chi connectivity index (χ3n) is 3.15. The van der Waals surface area contributed by atoms with Gasteiger partial charge in [-0.15, -0.1) is 0 Å². The van der Waals surface area contributed by atoms with Gasteiger partial charge in [0.1, 0.15) is 19.0 Å². The number of para-hydroxylation sites is 1. The van der Waals surface area contributed by atoms with E-state index >= 15 is 0 Å². The third kappa shape index (κ3) is 4.80. The first-order valence-electron chi connectivity index (χ1n) is 6.97. The topological polar surface area (TPSA) is 95.7 Å². The first-order chi connectivity index (χ1) is 11.3. The molecule has 0 spiro atoms. The normalized spacial score (nSPS) is 11.1. The molecular weight excluding hydrogens is 398 g/mol. The summed E-state index contributed by atoms with van der Waals surface area (Å²) in [7, 11) is -3.89.